The van der Waals surface area contributed by atoms with Crippen LogP contribution in [0.1, 0.15) is 0 Å². The molecule has 0 saturated carbocycles. The van der Waals surface area contributed by atoms with Crippen molar-refractivity contribution in [3.8, 4) is 11.4 Å². The van der Waals surface area contributed by atoms with E-state index < -0.39 is 6.09 Å². The number of hydrogen-bond acceptors (Lipinski definition) is 5. The highest BCUT2D eigenvalue weighted by Crippen LogP contribution is 2.11. The van der Waals surface area contributed by atoms with Crippen LogP contribution in [0.5, 0.6) is 5.75 Å². The second-order valence-corrected chi connectivity index (χ2v) is 3.33. The van der Waals surface area contributed by atoms with Crippen LogP contribution in [0.15, 0.2) is 35.0 Å². The number of carbonyl (C=O) groups is 1. The quantitative estimate of drug-likeness (QED) is 0.826. The molecule has 0 aliphatic heterocycles. The predicted molar refractivity (Wildman–Crippen MR) is 60.6 cm³/mol. The first kappa shape index (κ1) is 11.9. The molecule has 0 aliphatic rings. The Morgan fingerprint density at radius 3 is 2.67 bits per heavy atom. The summed E-state index contributed by atoms with van der Waals surface area (Å²) in [4.78, 5) is 11.0. The molecule has 1 heterocycles. The van der Waals surface area contributed by atoms with E-state index in [1.807, 2.05) is 12.1 Å². The summed E-state index contributed by atoms with van der Waals surface area (Å²) in [6.07, 6.45) is 0.909. The number of amides is 1. The molecule has 0 aliphatic carbocycles. The van der Waals surface area contributed by atoms with Gasteiger partial charge in [0.15, 0.2) is 0 Å². The Balaban J connectivity index is 2.15. The molecule has 1 amide bonds. The van der Waals surface area contributed by atoms with Crippen LogP contribution in [0.2, 0.25) is 0 Å². The lowest BCUT2D eigenvalue weighted by Crippen LogP contribution is -2.31. The molecule has 0 fully saturated rings. The molecule has 0 spiro atoms. The smallest absolute Gasteiger partial charge is 0.413 e. The number of methoxy groups -OCH3 is 2. The van der Waals surface area contributed by atoms with E-state index >= 15 is 0 Å². The third kappa shape index (κ3) is 2.57. The minimum atomic E-state index is -0.618. The van der Waals surface area contributed by atoms with Crippen LogP contribution < -0.4 is 14.7 Å². The van der Waals surface area contributed by atoms with E-state index in [4.69, 9.17) is 9.26 Å². The van der Waals surface area contributed by atoms with Gasteiger partial charge in [0.05, 0.1) is 14.2 Å². The van der Waals surface area contributed by atoms with Crippen molar-refractivity contribution in [3.05, 3.63) is 30.5 Å². The van der Waals surface area contributed by atoms with E-state index in [0.29, 0.717) is 0 Å². The van der Waals surface area contributed by atoms with Crippen molar-refractivity contribution in [2.75, 3.05) is 19.5 Å². The summed E-state index contributed by atoms with van der Waals surface area (Å²) in [6, 6.07) is 7.21. The van der Waals surface area contributed by atoms with Gasteiger partial charge in [-0.15, -0.1) is 0 Å². The van der Waals surface area contributed by atoms with Crippen LogP contribution in [0.3, 0.4) is 0 Å². The lowest BCUT2D eigenvalue weighted by Gasteiger charge is -1.96. The zero-order chi connectivity index (χ0) is 13.0. The number of carbonyl (C=O) groups excluding carboxylic acids is 1. The van der Waals surface area contributed by atoms with Gasteiger partial charge in [-0.2, -0.15) is 0 Å². The van der Waals surface area contributed by atoms with E-state index in [1.165, 1.54) is 18.0 Å². The number of aromatic nitrogens is 2. The standard InChI is InChI=1S/C11H11N3O4/c1-16-9-5-3-8(4-6-9)14-7-10(18-13-14)12-11(15)17-2/h3-7H,1-2H3/p+1. The average Bonchev–Trinajstić information content (AvgIpc) is 2.87. The number of nitrogens with zero attached hydrogens (tertiary/aromatic N) is 2. The summed E-state index contributed by atoms with van der Waals surface area (Å²) in [5.74, 6) is 0.938. The molecule has 0 bridgehead atoms. The van der Waals surface area contributed by atoms with Gasteiger partial charge < -0.3 is 9.47 Å². The molecular weight excluding hydrogens is 238 g/mol. The molecule has 7 heteroatoms. The maximum Gasteiger partial charge on any atom is 0.413 e. The Hall–Kier alpha value is -2.57. The first-order chi connectivity index (χ1) is 8.72. The molecule has 0 atom stereocenters. The summed E-state index contributed by atoms with van der Waals surface area (Å²) >= 11 is 0. The normalized spacial score (nSPS) is 9.89. The van der Waals surface area contributed by atoms with Gasteiger partial charge in [-0.05, 0) is 16.8 Å². The predicted octanol–water partition coefficient (Wildman–Crippen LogP) is 1.14. The van der Waals surface area contributed by atoms with Crippen LogP contribution in [0.25, 0.3) is 5.69 Å². The summed E-state index contributed by atoms with van der Waals surface area (Å²) in [5, 5.41) is 6.13. The summed E-state index contributed by atoms with van der Waals surface area (Å²) < 4.78 is 15.9. The Morgan fingerprint density at radius 1 is 1.33 bits per heavy atom. The molecule has 7 nitrogen and oxygen atoms in total. The lowest BCUT2D eigenvalue weighted by atomic mass is 10.3. The van der Waals surface area contributed by atoms with Crippen LogP contribution in [0, 0.1) is 0 Å². The van der Waals surface area contributed by atoms with Crippen molar-refractivity contribution in [1.29, 1.82) is 0 Å². The number of ether oxygens (including phenoxy) is 2. The fourth-order valence-corrected chi connectivity index (χ4v) is 1.31. The van der Waals surface area contributed by atoms with Gasteiger partial charge in [-0.25, -0.2) is 4.79 Å². The Kier molecular flexibility index (Phi) is 3.42. The maximum absolute atomic E-state index is 11.0. The highest BCUT2D eigenvalue weighted by molar-refractivity contribution is 5.82. The number of benzene rings is 1. The first-order valence-electron chi connectivity index (χ1n) is 5.11. The lowest BCUT2D eigenvalue weighted by molar-refractivity contribution is -0.670. The van der Waals surface area contributed by atoms with E-state index in [1.54, 1.807) is 19.2 Å². The molecular formula is C11H12N3O4+. The van der Waals surface area contributed by atoms with Gasteiger partial charge in [-0.3, -0.25) is 9.84 Å². The summed E-state index contributed by atoms with van der Waals surface area (Å²) in [7, 11) is 2.86. The van der Waals surface area contributed by atoms with Crippen molar-refractivity contribution >= 4 is 12.0 Å². The van der Waals surface area contributed by atoms with Crippen LogP contribution in [-0.2, 0) is 4.74 Å². The van der Waals surface area contributed by atoms with Gasteiger partial charge >= 0.3 is 12.0 Å². The van der Waals surface area contributed by atoms with Gasteiger partial charge in [0, 0.05) is 12.1 Å². The Bertz CT molecular complexity index is 535. The maximum atomic E-state index is 11.0. The number of nitrogens with one attached hydrogen (secondary N) is 1. The third-order valence-corrected chi connectivity index (χ3v) is 2.21. The van der Waals surface area contributed by atoms with Gasteiger partial charge in [0.25, 0.3) is 6.20 Å². The highest BCUT2D eigenvalue weighted by atomic mass is 16.5. The van der Waals surface area contributed by atoms with E-state index in [-0.39, 0.29) is 5.88 Å². The molecule has 1 N–H and O–H groups in total. The number of anilines is 1. The minimum absolute atomic E-state index is 0.192. The molecule has 18 heavy (non-hydrogen) atoms. The number of rotatable bonds is 3. The van der Waals surface area contributed by atoms with Gasteiger partial charge in [0.1, 0.15) is 5.75 Å². The molecule has 1 aromatic carbocycles. The summed E-state index contributed by atoms with van der Waals surface area (Å²) in [6.45, 7) is 0. The fraction of sp³-hybridized carbons (Fsp3) is 0.182. The molecule has 94 valence electrons. The SMILES string of the molecule is COC(=O)Nc1c[n+](-c2ccc(OC)cc2)no1. The molecule has 2 rings (SSSR count). The van der Waals surface area contributed by atoms with Gasteiger partial charge in [-0.1, -0.05) is 0 Å². The van der Waals surface area contributed by atoms with Crippen molar-refractivity contribution in [1.82, 2.24) is 5.27 Å². The van der Waals surface area contributed by atoms with E-state index in [2.05, 4.69) is 15.3 Å². The van der Waals surface area contributed by atoms with Crippen molar-refractivity contribution < 1.29 is 23.5 Å². The zero-order valence-corrected chi connectivity index (χ0v) is 9.91. The zero-order valence-electron chi connectivity index (χ0n) is 9.91. The number of hydrogen-bond donors (Lipinski definition) is 1. The minimum Gasteiger partial charge on any atom is -0.497 e. The largest absolute Gasteiger partial charge is 0.497 e. The van der Waals surface area contributed by atoms with Crippen molar-refractivity contribution in [3.63, 3.8) is 0 Å². The van der Waals surface area contributed by atoms with Crippen LogP contribution in [-0.4, -0.2) is 25.6 Å². The second kappa shape index (κ2) is 5.17. The molecule has 0 saturated heterocycles. The average molecular weight is 250 g/mol. The van der Waals surface area contributed by atoms with Gasteiger partial charge in [0.2, 0.25) is 11.0 Å². The summed E-state index contributed by atoms with van der Waals surface area (Å²) in [5.41, 5.74) is 0.775. The third-order valence-electron chi connectivity index (χ3n) is 2.21. The monoisotopic (exact) mass is 250 g/mol. The fourth-order valence-electron chi connectivity index (χ4n) is 1.31. The molecule has 1 aromatic heterocycles. The first-order valence-corrected chi connectivity index (χ1v) is 5.11. The second-order valence-electron chi connectivity index (χ2n) is 3.33. The topological polar surface area (TPSA) is 77.5 Å². The van der Waals surface area contributed by atoms with Crippen LogP contribution >= 0.6 is 0 Å². The molecule has 2 aromatic rings. The van der Waals surface area contributed by atoms with Crippen molar-refractivity contribution in [2.45, 2.75) is 0 Å². The van der Waals surface area contributed by atoms with Crippen molar-refractivity contribution in [2.24, 2.45) is 0 Å². The Labute approximate surface area is 103 Å². The highest BCUT2D eigenvalue weighted by Gasteiger charge is 2.16. The van der Waals surface area contributed by atoms with E-state index in [9.17, 15) is 4.79 Å². The molecule has 0 radical (unpaired) electrons. The van der Waals surface area contributed by atoms with Crippen LogP contribution in [0.4, 0.5) is 10.7 Å². The van der Waals surface area contributed by atoms with E-state index in [0.717, 1.165) is 11.4 Å². The Morgan fingerprint density at radius 2 is 2.06 bits per heavy atom. The molecule has 0 unspecified atom stereocenters.